The number of carbonyl (C=O) groups excluding carboxylic acids is 1. The van der Waals surface area contributed by atoms with Gasteiger partial charge in [-0.3, -0.25) is 4.79 Å². The summed E-state index contributed by atoms with van der Waals surface area (Å²) >= 11 is 5.87. The van der Waals surface area contributed by atoms with Gasteiger partial charge in [-0.1, -0.05) is 29.8 Å². The second-order valence-corrected chi connectivity index (χ2v) is 5.44. The number of carbonyl (C=O) groups is 1. The first kappa shape index (κ1) is 16.3. The molecule has 3 nitrogen and oxygen atoms in total. The SMILES string of the molecule is C[C@H](Oc1cccc(Cl)c1)C(=O)N[C@@H](C)c1ccc(F)cc1. The Balaban J connectivity index is 1.94. The molecule has 0 unspecified atom stereocenters. The lowest BCUT2D eigenvalue weighted by Gasteiger charge is -2.19. The summed E-state index contributed by atoms with van der Waals surface area (Å²) in [6.45, 7) is 3.49. The average Bonchev–Trinajstić information content (AvgIpc) is 2.47. The first-order valence-electron chi connectivity index (χ1n) is 6.94. The number of hydrogen-bond acceptors (Lipinski definition) is 2. The lowest BCUT2D eigenvalue weighted by molar-refractivity contribution is -0.127. The van der Waals surface area contributed by atoms with Crippen LogP contribution >= 0.6 is 11.6 Å². The summed E-state index contributed by atoms with van der Waals surface area (Å²) in [6, 6.07) is 12.6. The fourth-order valence-electron chi connectivity index (χ4n) is 1.96. The van der Waals surface area contributed by atoms with Gasteiger partial charge in [0.2, 0.25) is 0 Å². The zero-order valence-corrected chi connectivity index (χ0v) is 13.1. The lowest BCUT2D eigenvalue weighted by atomic mass is 10.1. The fourth-order valence-corrected chi connectivity index (χ4v) is 2.14. The van der Waals surface area contributed by atoms with E-state index in [-0.39, 0.29) is 17.8 Å². The van der Waals surface area contributed by atoms with Crippen molar-refractivity contribution in [2.24, 2.45) is 0 Å². The van der Waals surface area contributed by atoms with Crippen LogP contribution in [-0.2, 0) is 4.79 Å². The molecule has 0 aliphatic rings. The van der Waals surface area contributed by atoms with Gasteiger partial charge >= 0.3 is 0 Å². The normalized spacial score (nSPS) is 13.3. The third-order valence-electron chi connectivity index (χ3n) is 3.21. The summed E-state index contributed by atoms with van der Waals surface area (Å²) in [4.78, 5) is 12.1. The first-order valence-corrected chi connectivity index (χ1v) is 7.31. The first-order chi connectivity index (χ1) is 10.5. The Hall–Kier alpha value is -2.07. The van der Waals surface area contributed by atoms with Gasteiger partial charge in [0.1, 0.15) is 11.6 Å². The summed E-state index contributed by atoms with van der Waals surface area (Å²) in [5.41, 5.74) is 0.824. The fraction of sp³-hybridized carbons (Fsp3) is 0.235. The van der Waals surface area contributed by atoms with Crippen LogP contribution in [0.15, 0.2) is 48.5 Å². The monoisotopic (exact) mass is 321 g/mol. The maximum atomic E-state index is 12.9. The Labute approximate surface area is 134 Å². The van der Waals surface area contributed by atoms with Gasteiger partial charge in [-0.2, -0.15) is 0 Å². The molecule has 2 aromatic carbocycles. The van der Waals surface area contributed by atoms with Crippen LogP contribution in [0.1, 0.15) is 25.5 Å². The molecule has 5 heteroatoms. The lowest BCUT2D eigenvalue weighted by Crippen LogP contribution is -2.37. The van der Waals surface area contributed by atoms with E-state index in [1.807, 2.05) is 6.92 Å². The molecule has 2 atom stereocenters. The van der Waals surface area contributed by atoms with Crippen molar-refractivity contribution in [1.82, 2.24) is 5.32 Å². The number of ether oxygens (including phenoxy) is 1. The van der Waals surface area contributed by atoms with Gasteiger partial charge in [-0.15, -0.1) is 0 Å². The van der Waals surface area contributed by atoms with E-state index < -0.39 is 6.10 Å². The van der Waals surface area contributed by atoms with Crippen LogP contribution in [0.3, 0.4) is 0 Å². The number of nitrogens with one attached hydrogen (secondary N) is 1. The maximum absolute atomic E-state index is 12.9. The van der Waals surface area contributed by atoms with Crippen molar-refractivity contribution >= 4 is 17.5 Å². The van der Waals surface area contributed by atoms with Crippen LogP contribution in [0.4, 0.5) is 4.39 Å². The number of benzene rings is 2. The molecular weight excluding hydrogens is 305 g/mol. The van der Waals surface area contributed by atoms with E-state index in [2.05, 4.69) is 5.32 Å². The Morgan fingerprint density at radius 2 is 1.86 bits per heavy atom. The molecule has 2 aromatic rings. The van der Waals surface area contributed by atoms with Crippen LogP contribution in [0.2, 0.25) is 5.02 Å². The summed E-state index contributed by atoms with van der Waals surface area (Å²) in [7, 11) is 0. The molecule has 0 heterocycles. The van der Waals surface area contributed by atoms with Gasteiger partial charge in [-0.05, 0) is 49.7 Å². The molecule has 0 saturated heterocycles. The quantitative estimate of drug-likeness (QED) is 0.899. The second-order valence-electron chi connectivity index (χ2n) is 5.00. The molecule has 0 aromatic heterocycles. The minimum atomic E-state index is -0.665. The molecule has 2 rings (SSSR count). The average molecular weight is 322 g/mol. The highest BCUT2D eigenvalue weighted by atomic mass is 35.5. The Morgan fingerprint density at radius 3 is 2.50 bits per heavy atom. The number of halogens is 2. The van der Waals surface area contributed by atoms with Crippen molar-refractivity contribution in [3.63, 3.8) is 0 Å². The number of rotatable bonds is 5. The van der Waals surface area contributed by atoms with Gasteiger partial charge in [0.05, 0.1) is 6.04 Å². The van der Waals surface area contributed by atoms with Crippen molar-refractivity contribution in [3.8, 4) is 5.75 Å². The summed E-state index contributed by atoms with van der Waals surface area (Å²) in [5, 5.41) is 3.38. The van der Waals surface area contributed by atoms with E-state index in [9.17, 15) is 9.18 Å². The van der Waals surface area contributed by atoms with Crippen molar-refractivity contribution in [1.29, 1.82) is 0 Å². The standard InChI is InChI=1S/C17H17ClFNO2/c1-11(13-6-8-15(19)9-7-13)20-17(21)12(2)22-16-5-3-4-14(18)10-16/h3-12H,1-2H3,(H,20,21)/t11-,12-/m0/s1. The predicted octanol–water partition coefficient (Wildman–Crippen LogP) is 4.12. The number of amides is 1. The number of hydrogen-bond donors (Lipinski definition) is 1. The highest BCUT2D eigenvalue weighted by Crippen LogP contribution is 2.19. The zero-order chi connectivity index (χ0) is 16.1. The van der Waals surface area contributed by atoms with Crippen molar-refractivity contribution in [2.75, 3.05) is 0 Å². The predicted molar refractivity (Wildman–Crippen MR) is 84.5 cm³/mol. The van der Waals surface area contributed by atoms with E-state index in [4.69, 9.17) is 16.3 Å². The van der Waals surface area contributed by atoms with Gasteiger partial charge in [0, 0.05) is 5.02 Å². The van der Waals surface area contributed by atoms with Crippen LogP contribution < -0.4 is 10.1 Å². The molecule has 0 bridgehead atoms. The van der Waals surface area contributed by atoms with E-state index in [1.165, 1.54) is 12.1 Å². The van der Waals surface area contributed by atoms with E-state index in [1.54, 1.807) is 43.3 Å². The maximum Gasteiger partial charge on any atom is 0.261 e. The van der Waals surface area contributed by atoms with Crippen LogP contribution in [0, 0.1) is 5.82 Å². The molecule has 0 aliphatic heterocycles. The van der Waals surface area contributed by atoms with E-state index in [0.717, 1.165) is 5.56 Å². The second kappa shape index (κ2) is 7.27. The minimum Gasteiger partial charge on any atom is -0.481 e. The van der Waals surface area contributed by atoms with Gasteiger partial charge < -0.3 is 10.1 Å². The van der Waals surface area contributed by atoms with E-state index in [0.29, 0.717) is 10.8 Å². The van der Waals surface area contributed by atoms with Crippen LogP contribution in [0.25, 0.3) is 0 Å². The van der Waals surface area contributed by atoms with Crippen molar-refractivity contribution in [2.45, 2.75) is 26.0 Å². The third-order valence-corrected chi connectivity index (χ3v) is 3.44. The summed E-state index contributed by atoms with van der Waals surface area (Å²) in [6.07, 6.45) is -0.665. The summed E-state index contributed by atoms with van der Waals surface area (Å²) < 4.78 is 18.5. The molecule has 22 heavy (non-hydrogen) atoms. The third kappa shape index (κ3) is 4.46. The highest BCUT2D eigenvalue weighted by molar-refractivity contribution is 6.30. The molecule has 116 valence electrons. The van der Waals surface area contributed by atoms with Crippen LogP contribution in [0.5, 0.6) is 5.75 Å². The van der Waals surface area contributed by atoms with Gasteiger partial charge in [0.15, 0.2) is 6.10 Å². The van der Waals surface area contributed by atoms with Gasteiger partial charge in [0.25, 0.3) is 5.91 Å². The van der Waals surface area contributed by atoms with E-state index >= 15 is 0 Å². The largest absolute Gasteiger partial charge is 0.481 e. The van der Waals surface area contributed by atoms with Crippen molar-refractivity contribution in [3.05, 3.63) is 64.9 Å². The van der Waals surface area contributed by atoms with Crippen molar-refractivity contribution < 1.29 is 13.9 Å². The van der Waals surface area contributed by atoms with Gasteiger partial charge in [-0.25, -0.2) is 4.39 Å². The Morgan fingerprint density at radius 1 is 1.18 bits per heavy atom. The Kier molecular flexibility index (Phi) is 5.39. The zero-order valence-electron chi connectivity index (χ0n) is 12.3. The molecule has 1 N–H and O–H groups in total. The Bertz CT molecular complexity index is 645. The molecule has 0 aliphatic carbocycles. The molecule has 0 spiro atoms. The molecular formula is C17H17ClFNO2. The van der Waals surface area contributed by atoms with Crippen LogP contribution in [-0.4, -0.2) is 12.0 Å². The summed E-state index contributed by atoms with van der Waals surface area (Å²) in [5.74, 6) is -0.0266. The topological polar surface area (TPSA) is 38.3 Å². The smallest absolute Gasteiger partial charge is 0.261 e. The minimum absolute atomic E-state index is 0.237. The molecule has 0 saturated carbocycles. The highest BCUT2D eigenvalue weighted by Gasteiger charge is 2.17. The molecule has 0 fully saturated rings. The molecule has 1 amide bonds. The molecule has 0 radical (unpaired) electrons.